The van der Waals surface area contributed by atoms with E-state index in [0.29, 0.717) is 16.7 Å². The summed E-state index contributed by atoms with van der Waals surface area (Å²) in [7, 11) is 0. The molecule has 95 valence electrons. The minimum Gasteiger partial charge on any atom is -0.478 e. The summed E-state index contributed by atoms with van der Waals surface area (Å²) in [6, 6.07) is 8.56. The third-order valence-electron chi connectivity index (χ3n) is 2.87. The van der Waals surface area contributed by atoms with Crippen LogP contribution in [0.2, 0.25) is 0 Å². The van der Waals surface area contributed by atoms with E-state index in [1.54, 1.807) is 19.3 Å². The van der Waals surface area contributed by atoms with Crippen LogP contribution in [0.4, 0.5) is 4.39 Å². The van der Waals surface area contributed by atoms with Gasteiger partial charge >= 0.3 is 5.97 Å². The Morgan fingerprint density at radius 3 is 2.37 bits per heavy atom. The number of benzene rings is 2. The Balaban J connectivity index is 2.49. The van der Waals surface area contributed by atoms with Gasteiger partial charge in [0.15, 0.2) is 0 Å². The summed E-state index contributed by atoms with van der Waals surface area (Å²) in [4.78, 5) is 21.3. The number of halogens is 1. The summed E-state index contributed by atoms with van der Waals surface area (Å²) < 4.78 is 13.9. The first kappa shape index (κ1) is 13.0. The van der Waals surface area contributed by atoms with Crippen molar-refractivity contribution in [1.29, 1.82) is 0 Å². The predicted octanol–water partition coefficient (Wildman–Crippen LogP) is 2.96. The Morgan fingerprint density at radius 1 is 1.21 bits per heavy atom. The molecule has 1 N–H and O–H groups in total. The second-order valence-electron chi connectivity index (χ2n) is 4.13. The minimum atomic E-state index is -1.03. The first-order valence-corrected chi connectivity index (χ1v) is 5.55. The first-order valence-electron chi connectivity index (χ1n) is 5.55. The number of carbonyl (C=O) groups is 1. The largest absolute Gasteiger partial charge is 0.478 e. The molecular formula is C15H10FO3. The highest BCUT2D eigenvalue weighted by atomic mass is 19.1. The van der Waals surface area contributed by atoms with Gasteiger partial charge in [0.1, 0.15) is 5.82 Å². The lowest BCUT2D eigenvalue weighted by Crippen LogP contribution is -1.96. The molecule has 2 aromatic carbocycles. The van der Waals surface area contributed by atoms with Gasteiger partial charge in [0.25, 0.3) is 0 Å². The zero-order valence-corrected chi connectivity index (χ0v) is 10.1. The zero-order chi connectivity index (χ0) is 14.0. The minimum absolute atomic E-state index is 0.138. The summed E-state index contributed by atoms with van der Waals surface area (Å²) >= 11 is 0. The average Bonchev–Trinajstić information content (AvgIpc) is 2.41. The topological polar surface area (TPSA) is 54.4 Å². The standard InChI is InChI=1S/C15H10FO3/c1-9-6-13(14(16)7-12(9)8-17)10-2-4-11(5-3-10)15(18)19/h2-7H,1H3,(H,18,19). The van der Waals surface area contributed by atoms with Gasteiger partial charge in [-0.25, -0.2) is 9.18 Å². The summed E-state index contributed by atoms with van der Waals surface area (Å²) in [5.41, 5.74) is 1.83. The van der Waals surface area contributed by atoms with Crippen LogP contribution in [0.5, 0.6) is 0 Å². The van der Waals surface area contributed by atoms with Crippen molar-refractivity contribution in [3.05, 3.63) is 58.9 Å². The van der Waals surface area contributed by atoms with Gasteiger partial charge in [-0.15, -0.1) is 0 Å². The third-order valence-corrected chi connectivity index (χ3v) is 2.87. The summed E-state index contributed by atoms with van der Waals surface area (Å²) in [6.45, 7) is 1.69. The van der Waals surface area contributed by atoms with E-state index >= 15 is 0 Å². The second kappa shape index (κ2) is 5.02. The monoisotopic (exact) mass is 257 g/mol. The zero-order valence-electron chi connectivity index (χ0n) is 10.1. The molecule has 3 nitrogen and oxygen atoms in total. The van der Waals surface area contributed by atoms with E-state index in [9.17, 15) is 14.0 Å². The van der Waals surface area contributed by atoms with Crippen molar-refractivity contribution in [3.8, 4) is 11.1 Å². The van der Waals surface area contributed by atoms with Crippen LogP contribution in [-0.2, 0) is 4.79 Å². The number of hydrogen-bond acceptors (Lipinski definition) is 2. The maximum absolute atomic E-state index is 13.9. The number of carboxylic acids is 1. The fourth-order valence-electron chi connectivity index (χ4n) is 1.81. The van der Waals surface area contributed by atoms with Gasteiger partial charge in [0, 0.05) is 11.1 Å². The SMILES string of the molecule is Cc1cc(-c2ccc(C(=O)O)cc2)c(F)cc1[C]=O. The normalized spacial score (nSPS) is 10.2. The lowest BCUT2D eigenvalue weighted by molar-refractivity contribution is 0.0697. The highest BCUT2D eigenvalue weighted by molar-refractivity contribution is 5.88. The molecule has 0 fully saturated rings. The van der Waals surface area contributed by atoms with Crippen molar-refractivity contribution >= 4 is 12.3 Å². The molecule has 0 saturated carbocycles. The number of hydrogen-bond donors (Lipinski definition) is 1. The molecule has 0 aliphatic rings. The molecule has 4 heteroatoms. The molecule has 0 aliphatic heterocycles. The van der Waals surface area contributed by atoms with Crippen molar-refractivity contribution in [1.82, 2.24) is 0 Å². The lowest BCUT2D eigenvalue weighted by Gasteiger charge is -2.07. The Hall–Kier alpha value is -2.49. The number of carbonyl (C=O) groups excluding carboxylic acids is 1. The number of rotatable bonds is 3. The highest BCUT2D eigenvalue weighted by Gasteiger charge is 2.10. The summed E-state index contributed by atoms with van der Waals surface area (Å²) in [5, 5.41) is 8.80. The third kappa shape index (κ3) is 2.52. The molecule has 1 radical (unpaired) electrons. The molecule has 0 spiro atoms. The number of aryl methyl sites for hydroxylation is 1. The fraction of sp³-hybridized carbons (Fsp3) is 0.0667. The van der Waals surface area contributed by atoms with E-state index < -0.39 is 11.8 Å². The van der Waals surface area contributed by atoms with Crippen LogP contribution < -0.4 is 0 Å². The van der Waals surface area contributed by atoms with Gasteiger partial charge in [-0.1, -0.05) is 12.1 Å². The van der Waals surface area contributed by atoms with Gasteiger partial charge in [-0.2, -0.15) is 0 Å². The quantitative estimate of drug-likeness (QED) is 0.919. The summed E-state index contributed by atoms with van der Waals surface area (Å²) in [5.74, 6) is -1.57. The van der Waals surface area contributed by atoms with Crippen molar-refractivity contribution in [2.75, 3.05) is 0 Å². The van der Waals surface area contributed by atoms with Crippen LogP contribution in [0.25, 0.3) is 11.1 Å². The molecular weight excluding hydrogens is 247 g/mol. The van der Waals surface area contributed by atoms with Gasteiger partial charge in [0.05, 0.1) is 5.56 Å². The first-order chi connectivity index (χ1) is 9.02. The molecule has 0 unspecified atom stereocenters. The fourth-order valence-corrected chi connectivity index (χ4v) is 1.81. The number of aromatic carboxylic acids is 1. The van der Waals surface area contributed by atoms with E-state index in [4.69, 9.17) is 5.11 Å². The van der Waals surface area contributed by atoms with Crippen LogP contribution in [-0.4, -0.2) is 17.4 Å². The Bertz CT molecular complexity index is 645. The average molecular weight is 257 g/mol. The van der Waals surface area contributed by atoms with Crippen LogP contribution >= 0.6 is 0 Å². The van der Waals surface area contributed by atoms with Crippen molar-refractivity contribution in [2.24, 2.45) is 0 Å². The van der Waals surface area contributed by atoms with E-state index in [2.05, 4.69) is 0 Å². The molecule has 0 saturated heterocycles. The van der Waals surface area contributed by atoms with E-state index in [0.717, 1.165) is 6.07 Å². The predicted molar refractivity (Wildman–Crippen MR) is 68.3 cm³/mol. The molecule has 0 aliphatic carbocycles. The van der Waals surface area contributed by atoms with Crippen molar-refractivity contribution in [2.45, 2.75) is 6.92 Å². The summed E-state index contributed by atoms with van der Waals surface area (Å²) in [6.07, 6.45) is 1.67. The van der Waals surface area contributed by atoms with Crippen molar-refractivity contribution in [3.63, 3.8) is 0 Å². The second-order valence-corrected chi connectivity index (χ2v) is 4.13. The molecule has 0 aromatic heterocycles. The molecule has 2 aromatic rings. The maximum atomic E-state index is 13.9. The van der Waals surface area contributed by atoms with Crippen LogP contribution in [0.1, 0.15) is 21.5 Å². The van der Waals surface area contributed by atoms with E-state index in [1.807, 2.05) is 0 Å². The van der Waals surface area contributed by atoms with Gasteiger partial charge < -0.3 is 5.11 Å². The Labute approximate surface area is 109 Å². The Morgan fingerprint density at radius 2 is 1.84 bits per heavy atom. The molecule has 0 amide bonds. The molecule has 0 atom stereocenters. The maximum Gasteiger partial charge on any atom is 0.335 e. The van der Waals surface area contributed by atoms with Gasteiger partial charge in [-0.05, 0) is 42.3 Å². The smallest absolute Gasteiger partial charge is 0.335 e. The highest BCUT2D eigenvalue weighted by Crippen LogP contribution is 2.25. The van der Waals surface area contributed by atoms with Crippen LogP contribution in [0, 0.1) is 12.7 Å². The molecule has 0 heterocycles. The molecule has 2 rings (SSSR count). The van der Waals surface area contributed by atoms with Crippen LogP contribution in [0.3, 0.4) is 0 Å². The van der Waals surface area contributed by atoms with Gasteiger partial charge in [0.2, 0.25) is 6.29 Å². The van der Waals surface area contributed by atoms with Crippen molar-refractivity contribution < 1.29 is 19.1 Å². The Kier molecular flexibility index (Phi) is 3.42. The lowest BCUT2D eigenvalue weighted by atomic mass is 9.99. The van der Waals surface area contributed by atoms with Gasteiger partial charge in [-0.3, -0.25) is 4.79 Å². The van der Waals surface area contributed by atoms with E-state index in [1.165, 1.54) is 24.3 Å². The van der Waals surface area contributed by atoms with E-state index in [-0.39, 0.29) is 11.1 Å². The molecule has 0 bridgehead atoms. The molecule has 19 heavy (non-hydrogen) atoms. The van der Waals surface area contributed by atoms with Crippen LogP contribution in [0.15, 0.2) is 36.4 Å². The number of carboxylic acid groups (broad SMARTS) is 1.